The Kier molecular flexibility index (Phi) is 2.98. The van der Waals surface area contributed by atoms with E-state index in [1.54, 1.807) is 17.3 Å². The number of imidazole rings is 1. The summed E-state index contributed by atoms with van der Waals surface area (Å²) in [7, 11) is 0. The fourth-order valence-electron chi connectivity index (χ4n) is 2.48. The summed E-state index contributed by atoms with van der Waals surface area (Å²) in [4.78, 5) is 21.3. The van der Waals surface area contributed by atoms with Gasteiger partial charge in [0.1, 0.15) is 0 Å². The number of β-amino-alcohol motifs (C(OH)–C–C–N with tert-alkyl or cyclic N) is 1. The highest BCUT2D eigenvalue weighted by molar-refractivity contribution is 5.97. The number of amides is 1. The Morgan fingerprint density at radius 1 is 1.53 bits per heavy atom. The molecule has 1 aromatic carbocycles. The van der Waals surface area contributed by atoms with Crippen LogP contribution in [-0.2, 0) is 0 Å². The molecule has 1 aromatic heterocycles. The highest BCUT2D eigenvalue weighted by Crippen LogP contribution is 2.20. The quantitative estimate of drug-likeness (QED) is 0.813. The molecule has 1 aliphatic rings. The number of hydrogen-bond acceptors (Lipinski definition) is 3. The van der Waals surface area contributed by atoms with Gasteiger partial charge in [0.05, 0.1) is 23.5 Å². The predicted molar refractivity (Wildman–Crippen MR) is 71.8 cm³/mol. The smallest absolute Gasteiger partial charge is 0.254 e. The normalized spacial score (nSPS) is 23.8. The molecule has 0 aliphatic carbocycles. The van der Waals surface area contributed by atoms with Crippen LogP contribution in [0.5, 0.6) is 0 Å². The van der Waals surface area contributed by atoms with Crippen LogP contribution in [0, 0.1) is 5.92 Å². The van der Waals surface area contributed by atoms with Gasteiger partial charge >= 0.3 is 0 Å². The maximum absolute atomic E-state index is 12.4. The van der Waals surface area contributed by atoms with E-state index in [-0.39, 0.29) is 11.8 Å². The Labute approximate surface area is 111 Å². The van der Waals surface area contributed by atoms with Crippen molar-refractivity contribution >= 4 is 16.9 Å². The molecule has 1 aliphatic heterocycles. The molecule has 5 heteroatoms. The molecule has 0 saturated carbocycles. The molecular weight excluding hydrogens is 242 g/mol. The Balaban J connectivity index is 1.83. The maximum Gasteiger partial charge on any atom is 0.254 e. The minimum absolute atomic E-state index is 0.0255. The fourth-order valence-corrected chi connectivity index (χ4v) is 2.48. The third-order valence-corrected chi connectivity index (χ3v) is 3.87. The summed E-state index contributed by atoms with van der Waals surface area (Å²) in [6, 6.07) is 5.44. The minimum atomic E-state index is -0.423. The van der Waals surface area contributed by atoms with Crippen LogP contribution in [0.3, 0.4) is 0 Å². The third-order valence-electron chi connectivity index (χ3n) is 3.87. The summed E-state index contributed by atoms with van der Waals surface area (Å²) in [6.45, 7) is 3.14. The maximum atomic E-state index is 12.4. The van der Waals surface area contributed by atoms with Crippen molar-refractivity contribution in [2.75, 3.05) is 13.1 Å². The molecule has 5 nitrogen and oxygen atoms in total. The number of aliphatic hydroxyl groups is 1. The molecule has 0 radical (unpaired) electrons. The van der Waals surface area contributed by atoms with Crippen molar-refractivity contribution in [3.8, 4) is 0 Å². The lowest BCUT2D eigenvalue weighted by molar-refractivity contribution is 0.0249. The van der Waals surface area contributed by atoms with E-state index < -0.39 is 6.10 Å². The van der Waals surface area contributed by atoms with Gasteiger partial charge in [-0.15, -0.1) is 0 Å². The number of aromatic nitrogens is 2. The van der Waals surface area contributed by atoms with E-state index in [1.807, 2.05) is 19.1 Å². The van der Waals surface area contributed by atoms with Gasteiger partial charge in [-0.2, -0.15) is 0 Å². The van der Waals surface area contributed by atoms with Gasteiger partial charge in [0.15, 0.2) is 0 Å². The van der Waals surface area contributed by atoms with E-state index in [0.29, 0.717) is 18.7 Å². The molecule has 0 spiro atoms. The lowest BCUT2D eigenvalue weighted by atomic mass is 9.95. The van der Waals surface area contributed by atoms with Crippen molar-refractivity contribution in [1.82, 2.24) is 14.9 Å². The van der Waals surface area contributed by atoms with Gasteiger partial charge in [0.2, 0.25) is 0 Å². The third kappa shape index (κ3) is 2.21. The minimum Gasteiger partial charge on any atom is -0.391 e. The van der Waals surface area contributed by atoms with Gasteiger partial charge in [0.25, 0.3) is 5.91 Å². The molecule has 2 aromatic rings. The summed E-state index contributed by atoms with van der Waals surface area (Å²) >= 11 is 0. The van der Waals surface area contributed by atoms with E-state index in [2.05, 4.69) is 9.97 Å². The van der Waals surface area contributed by atoms with Crippen molar-refractivity contribution in [2.45, 2.75) is 19.4 Å². The molecule has 2 atom stereocenters. The SMILES string of the molecule is CC1CCN(C(=O)c2ccc3nc[nH]c3c2)CC1O. The van der Waals surface area contributed by atoms with Crippen LogP contribution in [0.2, 0.25) is 0 Å². The van der Waals surface area contributed by atoms with Gasteiger partial charge in [-0.1, -0.05) is 6.92 Å². The van der Waals surface area contributed by atoms with Crippen LogP contribution in [0.15, 0.2) is 24.5 Å². The van der Waals surface area contributed by atoms with Gasteiger partial charge in [-0.05, 0) is 30.5 Å². The molecule has 3 rings (SSSR count). The zero-order chi connectivity index (χ0) is 13.4. The number of fused-ring (bicyclic) bond motifs is 1. The number of hydrogen-bond donors (Lipinski definition) is 2. The number of carbonyl (C=O) groups is 1. The molecule has 2 unspecified atom stereocenters. The fraction of sp³-hybridized carbons (Fsp3) is 0.429. The van der Waals surface area contributed by atoms with Gasteiger partial charge < -0.3 is 15.0 Å². The number of likely N-dealkylation sites (tertiary alicyclic amines) is 1. The zero-order valence-corrected chi connectivity index (χ0v) is 10.8. The van der Waals surface area contributed by atoms with E-state index in [4.69, 9.17) is 0 Å². The topological polar surface area (TPSA) is 69.2 Å². The molecule has 0 bridgehead atoms. The van der Waals surface area contributed by atoms with Crippen LogP contribution in [0.1, 0.15) is 23.7 Å². The number of piperidine rings is 1. The second kappa shape index (κ2) is 4.66. The van der Waals surface area contributed by atoms with Crippen molar-refractivity contribution in [1.29, 1.82) is 0 Å². The molecule has 1 amide bonds. The first-order valence-corrected chi connectivity index (χ1v) is 6.55. The molecule has 19 heavy (non-hydrogen) atoms. The van der Waals surface area contributed by atoms with Crippen molar-refractivity contribution in [3.63, 3.8) is 0 Å². The molecule has 2 heterocycles. The second-order valence-corrected chi connectivity index (χ2v) is 5.22. The Morgan fingerprint density at radius 2 is 2.37 bits per heavy atom. The number of carbonyl (C=O) groups excluding carboxylic acids is 1. The first kappa shape index (κ1) is 12.2. The lowest BCUT2D eigenvalue weighted by Gasteiger charge is -2.34. The summed E-state index contributed by atoms with van der Waals surface area (Å²) in [5, 5.41) is 9.87. The number of nitrogens with one attached hydrogen (secondary N) is 1. The Bertz CT molecular complexity index is 608. The summed E-state index contributed by atoms with van der Waals surface area (Å²) in [5.41, 5.74) is 2.35. The molecule has 100 valence electrons. The largest absolute Gasteiger partial charge is 0.391 e. The first-order chi connectivity index (χ1) is 9.15. The number of H-pyrrole nitrogens is 1. The van der Waals surface area contributed by atoms with Crippen molar-refractivity contribution in [3.05, 3.63) is 30.1 Å². The number of benzene rings is 1. The van der Waals surface area contributed by atoms with Crippen LogP contribution >= 0.6 is 0 Å². The van der Waals surface area contributed by atoms with E-state index in [9.17, 15) is 9.90 Å². The first-order valence-electron chi connectivity index (χ1n) is 6.55. The van der Waals surface area contributed by atoms with Gasteiger partial charge in [0, 0.05) is 18.7 Å². The monoisotopic (exact) mass is 259 g/mol. The highest BCUT2D eigenvalue weighted by Gasteiger charge is 2.27. The Hall–Kier alpha value is -1.88. The predicted octanol–water partition coefficient (Wildman–Crippen LogP) is 1.41. The number of nitrogens with zero attached hydrogens (tertiary/aromatic N) is 2. The van der Waals surface area contributed by atoms with Crippen LogP contribution in [0.25, 0.3) is 11.0 Å². The molecule has 1 fully saturated rings. The standard InChI is InChI=1S/C14H17N3O2/c1-9-4-5-17(7-13(9)18)14(19)10-2-3-11-12(6-10)16-8-15-11/h2-3,6,8-9,13,18H,4-5,7H2,1H3,(H,15,16). The van der Waals surface area contributed by atoms with E-state index in [1.165, 1.54) is 0 Å². The lowest BCUT2D eigenvalue weighted by Crippen LogP contribution is -2.45. The van der Waals surface area contributed by atoms with Crippen LogP contribution in [-0.4, -0.2) is 45.1 Å². The average molecular weight is 259 g/mol. The van der Waals surface area contributed by atoms with Crippen molar-refractivity contribution in [2.24, 2.45) is 5.92 Å². The Morgan fingerprint density at radius 3 is 3.16 bits per heavy atom. The molecule has 1 saturated heterocycles. The summed E-state index contributed by atoms with van der Waals surface area (Å²) in [5.74, 6) is 0.238. The zero-order valence-electron chi connectivity index (χ0n) is 10.8. The summed E-state index contributed by atoms with van der Waals surface area (Å²) in [6.07, 6.45) is 2.04. The highest BCUT2D eigenvalue weighted by atomic mass is 16.3. The van der Waals surface area contributed by atoms with Crippen LogP contribution in [0.4, 0.5) is 0 Å². The van der Waals surface area contributed by atoms with E-state index in [0.717, 1.165) is 17.5 Å². The number of rotatable bonds is 1. The second-order valence-electron chi connectivity index (χ2n) is 5.22. The average Bonchev–Trinajstić information content (AvgIpc) is 2.88. The van der Waals surface area contributed by atoms with Gasteiger partial charge in [-0.3, -0.25) is 4.79 Å². The molecular formula is C14H17N3O2. The van der Waals surface area contributed by atoms with E-state index >= 15 is 0 Å². The number of aromatic amines is 1. The van der Waals surface area contributed by atoms with Crippen molar-refractivity contribution < 1.29 is 9.90 Å². The summed E-state index contributed by atoms with van der Waals surface area (Å²) < 4.78 is 0. The number of aliphatic hydroxyl groups excluding tert-OH is 1. The molecule has 2 N–H and O–H groups in total. The van der Waals surface area contributed by atoms with Crippen LogP contribution < -0.4 is 0 Å². The van der Waals surface area contributed by atoms with Gasteiger partial charge in [-0.25, -0.2) is 4.98 Å².